The number of sulfonamides is 1. The van der Waals surface area contributed by atoms with Crippen LogP contribution in [0, 0.1) is 20.8 Å². The second kappa shape index (κ2) is 6.18. The third-order valence-electron chi connectivity index (χ3n) is 3.76. The van der Waals surface area contributed by atoms with Crippen LogP contribution in [0.2, 0.25) is 0 Å². The van der Waals surface area contributed by atoms with Gasteiger partial charge in [-0.3, -0.25) is 4.72 Å². The number of pyridine rings is 1. The highest BCUT2D eigenvalue weighted by atomic mass is 79.9. The molecule has 0 saturated heterocycles. The van der Waals surface area contributed by atoms with E-state index in [2.05, 4.69) is 25.6 Å². The first-order valence-corrected chi connectivity index (χ1v) is 9.71. The van der Waals surface area contributed by atoms with Crippen molar-refractivity contribution in [2.24, 2.45) is 0 Å². The fourth-order valence-corrected chi connectivity index (χ4v) is 4.77. The van der Waals surface area contributed by atoms with E-state index in [9.17, 15) is 8.42 Å². The topological polar surface area (TPSA) is 59.1 Å². The number of benzene rings is 2. The minimum absolute atomic E-state index is 0.309. The lowest BCUT2D eigenvalue weighted by Gasteiger charge is -2.13. The highest BCUT2D eigenvalue weighted by Crippen LogP contribution is 2.25. The molecule has 0 spiro atoms. The molecule has 0 unspecified atom stereocenters. The zero-order valence-corrected chi connectivity index (χ0v) is 16.0. The van der Waals surface area contributed by atoms with Crippen molar-refractivity contribution in [3.8, 4) is 0 Å². The lowest BCUT2D eigenvalue weighted by atomic mass is 10.1. The molecule has 0 amide bonds. The van der Waals surface area contributed by atoms with Crippen LogP contribution >= 0.6 is 15.9 Å². The van der Waals surface area contributed by atoms with Crippen molar-refractivity contribution in [1.29, 1.82) is 0 Å². The molecule has 0 bridgehead atoms. The Morgan fingerprint density at radius 2 is 1.62 bits per heavy atom. The van der Waals surface area contributed by atoms with Gasteiger partial charge in [0.15, 0.2) is 0 Å². The molecule has 6 heteroatoms. The van der Waals surface area contributed by atoms with Gasteiger partial charge in [-0.25, -0.2) is 13.4 Å². The molecule has 1 aromatic heterocycles. The molecule has 0 aliphatic carbocycles. The summed E-state index contributed by atoms with van der Waals surface area (Å²) >= 11 is 3.41. The van der Waals surface area contributed by atoms with Gasteiger partial charge >= 0.3 is 0 Å². The Morgan fingerprint density at radius 3 is 2.29 bits per heavy atom. The minimum atomic E-state index is -3.69. The Hall–Kier alpha value is -1.92. The van der Waals surface area contributed by atoms with E-state index in [1.54, 1.807) is 19.9 Å². The summed E-state index contributed by atoms with van der Waals surface area (Å²) in [5.74, 6) is 0.309. The van der Waals surface area contributed by atoms with Gasteiger partial charge in [0.2, 0.25) is 0 Å². The Kier molecular flexibility index (Phi) is 4.36. The van der Waals surface area contributed by atoms with Crippen LogP contribution in [0.1, 0.15) is 16.7 Å². The Balaban J connectivity index is 2.02. The summed E-state index contributed by atoms with van der Waals surface area (Å²) in [4.78, 5) is 4.70. The molecule has 124 valence electrons. The molecule has 3 rings (SSSR count). The molecule has 24 heavy (non-hydrogen) atoms. The van der Waals surface area contributed by atoms with E-state index in [-0.39, 0.29) is 0 Å². The molecule has 1 N–H and O–H groups in total. The second-order valence-electron chi connectivity index (χ2n) is 5.87. The zero-order chi connectivity index (χ0) is 17.5. The molecule has 1 heterocycles. The molecule has 0 aliphatic rings. The summed E-state index contributed by atoms with van der Waals surface area (Å²) in [7, 11) is -3.69. The summed E-state index contributed by atoms with van der Waals surface area (Å²) in [6, 6.07) is 12.9. The van der Waals surface area contributed by atoms with Crippen LogP contribution in [0.15, 0.2) is 51.8 Å². The highest BCUT2D eigenvalue weighted by molar-refractivity contribution is 9.10. The smallest absolute Gasteiger partial charge is 0.263 e. The number of aromatic nitrogens is 1. The number of rotatable bonds is 3. The fraction of sp³-hybridized carbons (Fsp3) is 0.167. The SMILES string of the molecule is Cc1cc(C)c(S(=O)(=O)Nc2ccc3cc(Br)ccc3n2)c(C)c1. The predicted octanol–water partition coefficient (Wildman–Crippen LogP) is 4.72. The fourth-order valence-electron chi connectivity index (χ4n) is 2.93. The zero-order valence-electron chi connectivity index (χ0n) is 13.6. The Bertz CT molecular complexity index is 1020. The van der Waals surface area contributed by atoms with Gasteiger partial charge in [0.25, 0.3) is 10.0 Å². The highest BCUT2D eigenvalue weighted by Gasteiger charge is 2.20. The van der Waals surface area contributed by atoms with Crippen LogP contribution in [0.25, 0.3) is 10.9 Å². The molecule has 0 atom stereocenters. The summed E-state index contributed by atoms with van der Waals surface area (Å²) in [6.07, 6.45) is 0. The van der Waals surface area contributed by atoms with Crippen LogP contribution in [0.4, 0.5) is 5.82 Å². The van der Waals surface area contributed by atoms with E-state index in [0.29, 0.717) is 10.7 Å². The third kappa shape index (κ3) is 3.30. The Morgan fingerprint density at radius 1 is 0.958 bits per heavy atom. The van der Waals surface area contributed by atoms with Crippen molar-refractivity contribution < 1.29 is 8.42 Å². The van der Waals surface area contributed by atoms with Gasteiger partial charge in [-0.15, -0.1) is 0 Å². The maximum absolute atomic E-state index is 12.8. The summed E-state index contributed by atoms with van der Waals surface area (Å²) in [5.41, 5.74) is 3.23. The predicted molar refractivity (Wildman–Crippen MR) is 101 cm³/mol. The molecular formula is C18H17BrN2O2S. The second-order valence-corrected chi connectivity index (χ2v) is 8.40. The van der Waals surface area contributed by atoms with E-state index < -0.39 is 10.0 Å². The van der Waals surface area contributed by atoms with Crippen LogP contribution < -0.4 is 4.72 Å². The monoisotopic (exact) mass is 404 g/mol. The Labute approximate surface area is 150 Å². The van der Waals surface area contributed by atoms with Gasteiger partial charge in [-0.05, 0) is 62.2 Å². The molecule has 0 aliphatic heterocycles. The molecule has 0 radical (unpaired) electrons. The van der Waals surface area contributed by atoms with Crippen molar-refractivity contribution in [3.05, 3.63) is 63.6 Å². The van der Waals surface area contributed by atoms with Gasteiger partial charge < -0.3 is 0 Å². The number of nitrogens with zero attached hydrogens (tertiary/aromatic N) is 1. The van der Waals surface area contributed by atoms with Gasteiger partial charge in [0.05, 0.1) is 10.4 Å². The first-order chi connectivity index (χ1) is 11.3. The lowest BCUT2D eigenvalue weighted by Crippen LogP contribution is -2.16. The number of hydrogen-bond acceptors (Lipinski definition) is 3. The molecular weight excluding hydrogens is 388 g/mol. The van der Waals surface area contributed by atoms with E-state index in [1.165, 1.54) is 0 Å². The van der Waals surface area contributed by atoms with Gasteiger partial charge in [-0.1, -0.05) is 33.6 Å². The van der Waals surface area contributed by atoms with E-state index in [0.717, 1.165) is 32.1 Å². The first kappa shape index (κ1) is 16.9. The average molecular weight is 405 g/mol. The van der Waals surface area contributed by atoms with E-state index in [4.69, 9.17) is 0 Å². The van der Waals surface area contributed by atoms with Crippen molar-refractivity contribution in [1.82, 2.24) is 4.98 Å². The molecule has 3 aromatic rings. The molecule has 0 saturated carbocycles. The minimum Gasteiger partial charge on any atom is -0.263 e. The summed E-state index contributed by atoms with van der Waals surface area (Å²) in [5, 5.41) is 0.940. The molecule has 2 aromatic carbocycles. The molecule has 0 fully saturated rings. The van der Waals surface area contributed by atoms with Crippen molar-refractivity contribution in [3.63, 3.8) is 0 Å². The van der Waals surface area contributed by atoms with Crippen LogP contribution in [0.3, 0.4) is 0 Å². The van der Waals surface area contributed by atoms with Crippen molar-refractivity contribution >= 4 is 42.7 Å². The largest absolute Gasteiger partial charge is 0.263 e. The van der Waals surface area contributed by atoms with E-state index in [1.807, 2.05) is 43.3 Å². The maximum atomic E-state index is 12.8. The number of nitrogens with one attached hydrogen (secondary N) is 1. The average Bonchev–Trinajstić information content (AvgIpc) is 2.45. The quantitative estimate of drug-likeness (QED) is 0.686. The maximum Gasteiger partial charge on any atom is 0.263 e. The van der Waals surface area contributed by atoms with Crippen molar-refractivity contribution in [2.75, 3.05) is 4.72 Å². The number of anilines is 1. The number of hydrogen-bond donors (Lipinski definition) is 1. The number of aryl methyl sites for hydroxylation is 3. The number of fused-ring (bicyclic) bond motifs is 1. The van der Waals surface area contributed by atoms with Crippen LogP contribution in [-0.2, 0) is 10.0 Å². The van der Waals surface area contributed by atoms with Gasteiger partial charge in [0, 0.05) is 9.86 Å². The van der Waals surface area contributed by atoms with Gasteiger partial charge in [0.1, 0.15) is 5.82 Å². The van der Waals surface area contributed by atoms with Crippen LogP contribution in [0.5, 0.6) is 0 Å². The van der Waals surface area contributed by atoms with E-state index >= 15 is 0 Å². The lowest BCUT2D eigenvalue weighted by molar-refractivity contribution is 0.600. The van der Waals surface area contributed by atoms with Crippen molar-refractivity contribution in [2.45, 2.75) is 25.7 Å². The summed E-state index contributed by atoms with van der Waals surface area (Å²) < 4.78 is 29.1. The standard InChI is InChI=1S/C18H17BrN2O2S/c1-11-8-12(2)18(13(3)9-11)24(22,23)21-17-7-4-14-10-15(19)5-6-16(14)20-17/h4-10H,1-3H3,(H,20,21). The number of halogens is 1. The molecule has 4 nitrogen and oxygen atoms in total. The summed E-state index contributed by atoms with van der Waals surface area (Å²) in [6.45, 7) is 5.56. The normalized spacial score (nSPS) is 11.7. The first-order valence-electron chi connectivity index (χ1n) is 7.43. The van der Waals surface area contributed by atoms with Crippen LogP contribution in [-0.4, -0.2) is 13.4 Å². The third-order valence-corrected chi connectivity index (χ3v) is 5.92. The van der Waals surface area contributed by atoms with Gasteiger partial charge in [-0.2, -0.15) is 0 Å².